The van der Waals surface area contributed by atoms with E-state index in [9.17, 15) is 30.7 Å². The fourth-order valence-corrected chi connectivity index (χ4v) is 1.08. The normalized spacial score (nSPS) is 12.7. The van der Waals surface area contributed by atoms with Crippen LogP contribution in [0.2, 0.25) is 0 Å². The van der Waals surface area contributed by atoms with Crippen molar-refractivity contribution in [3.63, 3.8) is 0 Å². The Bertz CT molecular complexity index is 443. The van der Waals surface area contributed by atoms with Crippen LogP contribution in [0, 0.1) is 23.3 Å². The van der Waals surface area contributed by atoms with E-state index in [1.54, 1.807) is 0 Å². The molecule has 1 nitrogen and oxygen atoms in total. The molecule has 8 heteroatoms. The molecule has 0 spiro atoms. The second-order valence-corrected chi connectivity index (χ2v) is 3.01. The van der Waals surface area contributed by atoms with Crippen LogP contribution >= 0.6 is 0 Å². The zero-order valence-electron chi connectivity index (χ0n) is 8.49. The number of benzene rings is 1. The van der Waals surface area contributed by atoms with E-state index in [0.29, 0.717) is 6.08 Å². The van der Waals surface area contributed by atoms with Gasteiger partial charge < -0.3 is 4.74 Å². The summed E-state index contributed by atoms with van der Waals surface area (Å²) >= 11 is 0. The highest BCUT2D eigenvalue weighted by molar-refractivity contribution is 5.51. The molecule has 0 aliphatic rings. The standard InChI is InChI=1S/C10H5F7O/c1-2-3-4(11)6(13)8(7(14)5(3)12)18-10(17)9(15)16/h2,9-10H,1H2. The molecule has 1 aromatic rings. The van der Waals surface area contributed by atoms with Gasteiger partial charge in [0.2, 0.25) is 17.4 Å². The van der Waals surface area contributed by atoms with Crippen LogP contribution in [0.15, 0.2) is 6.58 Å². The maximum atomic E-state index is 13.1. The molecule has 100 valence electrons. The predicted octanol–water partition coefficient (Wildman–Crippen LogP) is 3.83. The molecule has 0 aliphatic carbocycles. The second-order valence-electron chi connectivity index (χ2n) is 3.01. The molecular formula is C10H5F7O. The first kappa shape index (κ1) is 14.3. The smallest absolute Gasteiger partial charge is 0.304 e. The molecule has 0 amide bonds. The van der Waals surface area contributed by atoms with E-state index in [1.807, 2.05) is 0 Å². The Labute approximate surface area is 96.5 Å². The molecule has 0 aromatic heterocycles. The number of alkyl halides is 3. The average molecular weight is 274 g/mol. The van der Waals surface area contributed by atoms with Gasteiger partial charge in [-0.3, -0.25) is 0 Å². The number of hydrogen-bond donors (Lipinski definition) is 0. The third-order valence-corrected chi connectivity index (χ3v) is 1.89. The summed E-state index contributed by atoms with van der Waals surface area (Å²) in [4.78, 5) is 0. The highest BCUT2D eigenvalue weighted by Gasteiger charge is 2.30. The van der Waals surface area contributed by atoms with Gasteiger partial charge in [-0.05, 0) is 0 Å². The summed E-state index contributed by atoms with van der Waals surface area (Å²) in [5.74, 6) is -9.96. The summed E-state index contributed by atoms with van der Waals surface area (Å²) in [6, 6.07) is 0. The lowest BCUT2D eigenvalue weighted by molar-refractivity contribution is -0.0707. The van der Waals surface area contributed by atoms with Gasteiger partial charge in [0, 0.05) is 0 Å². The summed E-state index contributed by atoms with van der Waals surface area (Å²) in [6.45, 7) is 2.91. The van der Waals surface area contributed by atoms with Crippen molar-refractivity contribution in [1.29, 1.82) is 0 Å². The van der Waals surface area contributed by atoms with E-state index in [2.05, 4.69) is 11.3 Å². The maximum absolute atomic E-state index is 13.1. The first-order valence-electron chi connectivity index (χ1n) is 4.38. The lowest BCUT2D eigenvalue weighted by atomic mass is 10.1. The van der Waals surface area contributed by atoms with Gasteiger partial charge in [0.05, 0.1) is 5.56 Å². The fourth-order valence-electron chi connectivity index (χ4n) is 1.08. The fraction of sp³-hybridized carbons (Fsp3) is 0.200. The van der Waals surface area contributed by atoms with Gasteiger partial charge in [-0.25, -0.2) is 17.6 Å². The average Bonchev–Trinajstić information content (AvgIpc) is 2.32. The summed E-state index contributed by atoms with van der Waals surface area (Å²) in [7, 11) is 0. The number of rotatable bonds is 4. The van der Waals surface area contributed by atoms with Gasteiger partial charge in [-0.2, -0.15) is 13.2 Å². The van der Waals surface area contributed by atoms with E-state index in [1.165, 1.54) is 0 Å². The molecule has 0 radical (unpaired) electrons. The van der Waals surface area contributed by atoms with Crippen molar-refractivity contribution in [3.8, 4) is 5.75 Å². The zero-order chi connectivity index (χ0) is 14.0. The number of hydrogen-bond acceptors (Lipinski definition) is 1. The quantitative estimate of drug-likeness (QED) is 0.599. The molecule has 0 aliphatic heterocycles. The molecule has 0 saturated heterocycles. The van der Waals surface area contributed by atoms with Crippen molar-refractivity contribution in [2.45, 2.75) is 12.8 Å². The Morgan fingerprint density at radius 3 is 1.67 bits per heavy atom. The minimum Gasteiger partial charge on any atom is -0.448 e. The van der Waals surface area contributed by atoms with Crippen LogP contribution in [0.5, 0.6) is 5.75 Å². The monoisotopic (exact) mass is 274 g/mol. The number of halogens is 7. The number of ether oxygens (including phenoxy) is 1. The Kier molecular flexibility index (Phi) is 4.20. The topological polar surface area (TPSA) is 9.23 Å². The van der Waals surface area contributed by atoms with E-state index in [-0.39, 0.29) is 0 Å². The van der Waals surface area contributed by atoms with Crippen molar-refractivity contribution in [1.82, 2.24) is 0 Å². The van der Waals surface area contributed by atoms with Crippen molar-refractivity contribution in [3.05, 3.63) is 35.4 Å². The summed E-state index contributed by atoms with van der Waals surface area (Å²) in [5, 5.41) is 0. The van der Waals surface area contributed by atoms with Gasteiger partial charge in [0.1, 0.15) is 0 Å². The SMILES string of the molecule is C=Cc1c(F)c(F)c(OC(F)C(F)F)c(F)c1F. The van der Waals surface area contributed by atoms with Crippen LogP contribution < -0.4 is 4.74 Å². The molecule has 0 fully saturated rings. The van der Waals surface area contributed by atoms with Crippen molar-refractivity contribution < 1.29 is 35.5 Å². The van der Waals surface area contributed by atoms with E-state index < -0.39 is 47.4 Å². The van der Waals surface area contributed by atoms with Crippen LogP contribution in [-0.2, 0) is 0 Å². The zero-order valence-corrected chi connectivity index (χ0v) is 8.49. The highest BCUT2D eigenvalue weighted by atomic mass is 19.3. The largest absolute Gasteiger partial charge is 0.448 e. The van der Waals surface area contributed by atoms with E-state index >= 15 is 0 Å². The van der Waals surface area contributed by atoms with Crippen molar-refractivity contribution in [2.75, 3.05) is 0 Å². The van der Waals surface area contributed by atoms with E-state index in [4.69, 9.17) is 0 Å². The van der Waals surface area contributed by atoms with Crippen molar-refractivity contribution >= 4 is 6.08 Å². The minimum absolute atomic E-state index is 0.473. The third-order valence-electron chi connectivity index (χ3n) is 1.89. The van der Waals surface area contributed by atoms with Crippen LogP contribution in [-0.4, -0.2) is 12.8 Å². The molecule has 1 atom stereocenters. The molecule has 18 heavy (non-hydrogen) atoms. The molecule has 0 saturated carbocycles. The molecule has 1 unspecified atom stereocenters. The summed E-state index contributed by atoms with van der Waals surface area (Å²) in [6.07, 6.45) is -6.67. The maximum Gasteiger partial charge on any atom is 0.304 e. The Hall–Kier alpha value is -1.73. The lowest BCUT2D eigenvalue weighted by Crippen LogP contribution is -2.21. The van der Waals surface area contributed by atoms with Gasteiger partial charge >= 0.3 is 6.43 Å². The first-order chi connectivity index (χ1) is 8.31. The van der Waals surface area contributed by atoms with Gasteiger partial charge in [0.25, 0.3) is 6.36 Å². The van der Waals surface area contributed by atoms with Gasteiger partial charge in [-0.15, -0.1) is 0 Å². The minimum atomic E-state index is -3.73. The molecule has 0 heterocycles. The van der Waals surface area contributed by atoms with Gasteiger partial charge in [0.15, 0.2) is 11.6 Å². The first-order valence-corrected chi connectivity index (χ1v) is 4.38. The third kappa shape index (κ3) is 2.41. The highest BCUT2D eigenvalue weighted by Crippen LogP contribution is 2.31. The van der Waals surface area contributed by atoms with Crippen molar-refractivity contribution in [2.24, 2.45) is 0 Å². The van der Waals surface area contributed by atoms with Crippen LogP contribution in [0.25, 0.3) is 6.08 Å². The van der Waals surface area contributed by atoms with Crippen LogP contribution in [0.3, 0.4) is 0 Å². The van der Waals surface area contributed by atoms with Crippen LogP contribution in [0.1, 0.15) is 5.56 Å². The molecule has 0 bridgehead atoms. The molecule has 1 rings (SSSR count). The molecule has 1 aromatic carbocycles. The Morgan fingerprint density at radius 2 is 1.33 bits per heavy atom. The Morgan fingerprint density at radius 1 is 0.889 bits per heavy atom. The van der Waals surface area contributed by atoms with Crippen LogP contribution in [0.4, 0.5) is 30.7 Å². The molecule has 0 N–H and O–H groups in total. The predicted molar refractivity (Wildman–Crippen MR) is 47.9 cm³/mol. The van der Waals surface area contributed by atoms with Gasteiger partial charge in [-0.1, -0.05) is 12.7 Å². The summed E-state index contributed by atoms with van der Waals surface area (Å²) in [5.41, 5.74) is -1.15. The summed E-state index contributed by atoms with van der Waals surface area (Å²) < 4.78 is 92.0. The molecular weight excluding hydrogens is 269 g/mol. The lowest BCUT2D eigenvalue weighted by Gasteiger charge is -2.13. The second kappa shape index (κ2) is 5.28. The van der Waals surface area contributed by atoms with E-state index in [0.717, 1.165) is 0 Å². The Balaban J connectivity index is 3.33.